The van der Waals surface area contributed by atoms with E-state index in [1.807, 2.05) is 31.2 Å². The molecule has 0 heterocycles. The zero-order valence-corrected chi connectivity index (χ0v) is 13.6. The van der Waals surface area contributed by atoms with E-state index in [9.17, 15) is 4.79 Å². The number of benzene rings is 1. The van der Waals surface area contributed by atoms with E-state index >= 15 is 0 Å². The van der Waals surface area contributed by atoms with Crippen LogP contribution in [-0.4, -0.2) is 42.6 Å². The van der Waals surface area contributed by atoms with Crippen molar-refractivity contribution in [2.45, 2.75) is 19.4 Å². The highest BCUT2D eigenvalue weighted by Gasteiger charge is 2.36. The van der Waals surface area contributed by atoms with Crippen molar-refractivity contribution in [2.24, 2.45) is 0 Å². The smallest absolute Gasteiger partial charge is 0.377 e. The first-order chi connectivity index (χ1) is 9.56. The number of hydrogen-bond donors (Lipinski definition) is 1. The van der Waals surface area contributed by atoms with Gasteiger partial charge in [-0.05, 0) is 25.5 Å². The molecule has 0 aliphatic carbocycles. The van der Waals surface area contributed by atoms with E-state index in [1.54, 1.807) is 21.3 Å². The summed E-state index contributed by atoms with van der Waals surface area (Å²) in [5.41, 5.74) is 1.81. The van der Waals surface area contributed by atoms with Gasteiger partial charge < -0.3 is 18.6 Å². The van der Waals surface area contributed by atoms with E-state index in [-0.39, 0.29) is 5.91 Å². The zero-order chi connectivity index (χ0) is 15.0. The molecule has 0 unspecified atom stereocenters. The van der Waals surface area contributed by atoms with Gasteiger partial charge in [0.05, 0.1) is 0 Å². The van der Waals surface area contributed by atoms with Crippen LogP contribution in [0.5, 0.6) is 0 Å². The van der Waals surface area contributed by atoms with Crippen LogP contribution in [0.1, 0.15) is 22.3 Å². The third-order valence-electron chi connectivity index (χ3n) is 3.19. The van der Waals surface area contributed by atoms with Crippen LogP contribution in [0, 0.1) is 6.92 Å². The van der Waals surface area contributed by atoms with Gasteiger partial charge in [0.25, 0.3) is 5.91 Å². The van der Waals surface area contributed by atoms with Gasteiger partial charge in [0.2, 0.25) is 0 Å². The third-order valence-corrected chi connectivity index (χ3v) is 6.02. The summed E-state index contributed by atoms with van der Waals surface area (Å²) in [6.45, 7) is 2.56. The SMILES string of the molecule is CO[Si](CCCNC(=O)c1ccc(C)cc1)(OC)OC. The van der Waals surface area contributed by atoms with Gasteiger partial charge in [0.15, 0.2) is 0 Å². The summed E-state index contributed by atoms with van der Waals surface area (Å²) in [5.74, 6) is -0.0653. The van der Waals surface area contributed by atoms with Crippen molar-refractivity contribution >= 4 is 14.7 Å². The van der Waals surface area contributed by atoms with E-state index in [0.717, 1.165) is 12.0 Å². The molecule has 0 radical (unpaired) electrons. The lowest BCUT2D eigenvalue weighted by molar-refractivity contribution is 0.0949. The highest BCUT2D eigenvalue weighted by Crippen LogP contribution is 2.14. The Hall–Kier alpha value is -1.21. The van der Waals surface area contributed by atoms with Gasteiger partial charge in [0.1, 0.15) is 0 Å². The van der Waals surface area contributed by atoms with Gasteiger partial charge in [-0.25, -0.2) is 0 Å². The molecule has 1 aromatic rings. The molecule has 0 saturated carbocycles. The number of carbonyl (C=O) groups excluding carboxylic acids is 1. The van der Waals surface area contributed by atoms with Crippen molar-refractivity contribution in [1.82, 2.24) is 5.32 Å². The first kappa shape index (κ1) is 16.8. The molecule has 0 aromatic heterocycles. The van der Waals surface area contributed by atoms with E-state index in [2.05, 4.69) is 5.32 Å². The monoisotopic (exact) mass is 297 g/mol. The fourth-order valence-electron chi connectivity index (χ4n) is 1.87. The van der Waals surface area contributed by atoms with Gasteiger partial charge >= 0.3 is 8.80 Å². The Kier molecular flexibility index (Phi) is 6.87. The standard InChI is InChI=1S/C14H23NO4Si/c1-12-6-8-13(9-7-12)14(16)15-10-5-11-20(17-2,18-3)19-4/h6-9H,5,10-11H2,1-4H3,(H,15,16). The van der Waals surface area contributed by atoms with Crippen LogP contribution >= 0.6 is 0 Å². The van der Waals surface area contributed by atoms with Crippen molar-refractivity contribution in [3.8, 4) is 0 Å². The topological polar surface area (TPSA) is 56.8 Å². The summed E-state index contributed by atoms with van der Waals surface area (Å²) < 4.78 is 16.0. The molecule has 0 aliphatic heterocycles. The molecule has 1 amide bonds. The molecule has 0 fully saturated rings. The first-order valence-corrected chi connectivity index (χ1v) is 8.50. The predicted octanol–water partition coefficient (Wildman–Crippen LogP) is 1.99. The lowest BCUT2D eigenvalue weighted by Crippen LogP contribution is -2.43. The molecule has 0 saturated heterocycles. The molecule has 6 heteroatoms. The first-order valence-electron chi connectivity index (χ1n) is 6.57. The fourth-order valence-corrected chi connectivity index (χ4v) is 3.59. The van der Waals surface area contributed by atoms with Gasteiger partial charge in [0, 0.05) is 39.5 Å². The lowest BCUT2D eigenvalue weighted by atomic mass is 10.1. The Bertz CT molecular complexity index is 409. The van der Waals surface area contributed by atoms with E-state index in [0.29, 0.717) is 18.2 Å². The molecule has 1 rings (SSSR count). The van der Waals surface area contributed by atoms with E-state index in [4.69, 9.17) is 13.3 Å². The maximum Gasteiger partial charge on any atom is 0.500 e. The van der Waals surface area contributed by atoms with Crippen molar-refractivity contribution < 1.29 is 18.1 Å². The maximum atomic E-state index is 11.9. The lowest BCUT2D eigenvalue weighted by Gasteiger charge is -2.24. The summed E-state index contributed by atoms with van der Waals surface area (Å²) >= 11 is 0. The normalized spacial score (nSPS) is 11.4. The second-order valence-electron chi connectivity index (χ2n) is 4.52. The minimum absolute atomic E-state index is 0.0653. The quantitative estimate of drug-likeness (QED) is 0.589. The van der Waals surface area contributed by atoms with E-state index < -0.39 is 8.80 Å². The van der Waals surface area contributed by atoms with E-state index in [1.165, 1.54) is 0 Å². The number of hydrogen-bond acceptors (Lipinski definition) is 4. The minimum atomic E-state index is -2.53. The number of amides is 1. The van der Waals surface area contributed by atoms with Crippen molar-refractivity contribution in [3.63, 3.8) is 0 Å². The van der Waals surface area contributed by atoms with Crippen molar-refractivity contribution in [3.05, 3.63) is 35.4 Å². The highest BCUT2D eigenvalue weighted by atomic mass is 28.4. The van der Waals surface area contributed by atoms with Crippen molar-refractivity contribution in [2.75, 3.05) is 27.9 Å². The van der Waals surface area contributed by atoms with Crippen LogP contribution in [-0.2, 0) is 13.3 Å². The van der Waals surface area contributed by atoms with Crippen molar-refractivity contribution in [1.29, 1.82) is 0 Å². The van der Waals surface area contributed by atoms with Gasteiger partial charge in [-0.1, -0.05) is 17.7 Å². The average molecular weight is 297 g/mol. The molecule has 1 N–H and O–H groups in total. The van der Waals surface area contributed by atoms with Crippen LogP contribution in [0.3, 0.4) is 0 Å². The molecule has 0 bridgehead atoms. The molecule has 1 aromatic carbocycles. The largest absolute Gasteiger partial charge is 0.500 e. The van der Waals surface area contributed by atoms with Crippen LogP contribution in [0.25, 0.3) is 0 Å². The maximum absolute atomic E-state index is 11.9. The number of aryl methyl sites for hydroxylation is 1. The molecular weight excluding hydrogens is 274 g/mol. The number of carbonyl (C=O) groups is 1. The molecule has 0 spiro atoms. The Balaban J connectivity index is 2.37. The predicted molar refractivity (Wildman–Crippen MR) is 79.7 cm³/mol. The number of nitrogens with one attached hydrogen (secondary N) is 1. The zero-order valence-electron chi connectivity index (χ0n) is 12.6. The molecule has 112 valence electrons. The summed E-state index contributed by atoms with van der Waals surface area (Å²) in [5, 5.41) is 2.88. The molecule has 0 aliphatic rings. The summed E-state index contributed by atoms with van der Waals surface area (Å²) in [6, 6.07) is 8.16. The summed E-state index contributed by atoms with van der Waals surface area (Å²) in [4.78, 5) is 11.9. The Morgan fingerprint density at radius 1 is 1.10 bits per heavy atom. The third kappa shape index (κ3) is 4.72. The average Bonchev–Trinajstić information content (AvgIpc) is 2.49. The Labute approximate surface area is 121 Å². The van der Waals surface area contributed by atoms with Gasteiger partial charge in [-0.15, -0.1) is 0 Å². The Morgan fingerprint density at radius 3 is 2.15 bits per heavy atom. The van der Waals surface area contributed by atoms with Gasteiger partial charge in [-0.3, -0.25) is 4.79 Å². The fraction of sp³-hybridized carbons (Fsp3) is 0.500. The Morgan fingerprint density at radius 2 is 1.65 bits per heavy atom. The molecule has 0 atom stereocenters. The van der Waals surface area contributed by atoms with Crippen LogP contribution < -0.4 is 5.32 Å². The highest BCUT2D eigenvalue weighted by molar-refractivity contribution is 6.60. The van der Waals surface area contributed by atoms with Gasteiger partial charge in [-0.2, -0.15) is 0 Å². The van der Waals surface area contributed by atoms with Crippen LogP contribution in [0.4, 0.5) is 0 Å². The second-order valence-corrected chi connectivity index (χ2v) is 7.61. The molecule has 20 heavy (non-hydrogen) atoms. The summed E-state index contributed by atoms with van der Waals surface area (Å²) in [6.07, 6.45) is 0.749. The molecular formula is C14H23NO4Si. The minimum Gasteiger partial charge on any atom is -0.377 e. The summed E-state index contributed by atoms with van der Waals surface area (Å²) in [7, 11) is 2.23. The molecule has 5 nitrogen and oxygen atoms in total. The van der Waals surface area contributed by atoms with Crippen LogP contribution in [0.2, 0.25) is 6.04 Å². The van der Waals surface area contributed by atoms with Crippen LogP contribution in [0.15, 0.2) is 24.3 Å². The second kappa shape index (κ2) is 8.16. The number of rotatable bonds is 8.